The smallest absolute Gasteiger partial charge is 0.199 e. The van der Waals surface area contributed by atoms with Crippen molar-refractivity contribution in [3.63, 3.8) is 0 Å². The number of fused-ring (bicyclic) bond motifs is 1. The van der Waals surface area contributed by atoms with Crippen LogP contribution in [0.1, 0.15) is 19.4 Å². The lowest BCUT2D eigenvalue weighted by Gasteiger charge is -2.30. The van der Waals surface area contributed by atoms with E-state index in [-0.39, 0.29) is 17.1 Å². The Kier molecular flexibility index (Phi) is 4.17. The quantitative estimate of drug-likeness (QED) is 0.624. The van der Waals surface area contributed by atoms with Gasteiger partial charge in [-0.1, -0.05) is 49.1 Å². The maximum atomic E-state index is 12.9. The summed E-state index contributed by atoms with van der Waals surface area (Å²) in [5, 5.41) is 0. The predicted molar refractivity (Wildman–Crippen MR) is 97.6 cm³/mol. The molecule has 1 aliphatic carbocycles. The lowest BCUT2D eigenvalue weighted by Crippen LogP contribution is -2.27. The zero-order chi connectivity index (χ0) is 17.3. The second-order valence-electron chi connectivity index (χ2n) is 5.59. The number of ketones is 2. The first kappa shape index (κ1) is 15.9. The summed E-state index contributed by atoms with van der Waals surface area (Å²) in [6.07, 6.45) is 8.73. The molecule has 0 radical (unpaired) electrons. The standard InChI is InChI=1S/C21H19NO2/c1-4-9-16-15(5-2)20(23)19(21(16)24)18-13-12-14-10-7-8-11-17(14)22(18)6-3/h4-5,7-13H,2,6H2,1,3H3/b9-4-,19-18-. The molecule has 1 aromatic rings. The first-order valence-electron chi connectivity index (χ1n) is 8.01. The highest BCUT2D eigenvalue weighted by atomic mass is 16.2. The third kappa shape index (κ3) is 2.29. The first-order valence-corrected chi connectivity index (χ1v) is 8.01. The van der Waals surface area contributed by atoms with Crippen LogP contribution in [0.2, 0.25) is 0 Å². The topological polar surface area (TPSA) is 37.4 Å². The Morgan fingerprint density at radius 2 is 1.79 bits per heavy atom. The minimum atomic E-state index is -0.249. The van der Waals surface area contributed by atoms with Crippen molar-refractivity contribution in [2.75, 3.05) is 11.4 Å². The third-order valence-corrected chi connectivity index (χ3v) is 4.28. The molecule has 0 unspecified atom stereocenters. The number of Topliss-reactive ketones (excluding diaryl/α,β-unsaturated/α-hetero) is 2. The average molecular weight is 317 g/mol. The highest BCUT2D eigenvalue weighted by Crippen LogP contribution is 2.36. The van der Waals surface area contributed by atoms with E-state index in [9.17, 15) is 9.59 Å². The van der Waals surface area contributed by atoms with Crippen molar-refractivity contribution in [2.24, 2.45) is 0 Å². The summed E-state index contributed by atoms with van der Waals surface area (Å²) in [5.74, 6) is -0.480. The monoisotopic (exact) mass is 317 g/mol. The van der Waals surface area contributed by atoms with E-state index in [0.29, 0.717) is 23.4 Å². The molecule has 0 saturated heterocycles. The SMILES string of the molecule is C=CC1=C(/C=C\C)C(=O)/C(=C2/C=Cc3ccccc3N2CC)C1=O. The second-order valence-corrected chi connectivity index (χ2v) is 5.59. The van der Waals surface area contributed by atoms with Crippen LogP contribution >= 0.6 is 0 Å². The van der Waals surface area contributed by atoms with E-state index in [0.717, 1.165) is 11.3 Å². The van der Waals surface area contributed by atoms with Gasteiger partial charge in [0, 0.05) is 23.4 Å². The van der Waals surface area contributed by atoms with Crippen LogP contribution in [-0.2, 0) is 9.59 Å². The minimum absolute atomic E-state index is 0.227. The zero-order valence-electron chi connectivity index (χ0n) is 13.9. The summed E-state index contributed by atoms with van der Waals surface area (Å²) in [4.78, 5) is 27.7. The van der Waals surface area contributed by atoms with E-state index in [1.807, 2.05) is 55.2 Å². The lowest BCUT2D eigenvalue weighted by atomic mass is 9.99. The fourth-order valence-corrected chi connectivity index (χ4v) is 3.21. The van der Waals surface area contributed by atoms with Gasteiger partial charge in [-0.2, -0.15) is 0 Å². The fourth-order valence-electron chi connectivity index (χ4n) is 3.21. The highest BCUT2D eigenvalue weighted by molar-refractivity contribution is 6.40. The summed E-state index contributed by atoms with van der Waals surface area (Å²) in [6, 6.07) is 7.96. The molecule has 0 atom stereocenters. The van der Waals surface area contributed by atoms with Crippen molar-refractivity contribution in [2.45, 2.75) is 13.8 Å². The van der Waals surface area contributed by atoms with Gasteiger partial charge in [0.1, 0.15) is 0 Å². The average Bonchev–Trinajstić information content (AvgIpc) is 2.84. The molecule has 0 N–H and O–H groups in total. The minimum Gasteiger partial charge on any atom is -0.341 e. The highest BCUT2D eigenvalue weighted by Gasteiger charge is 2.37. The van der Waals surface area contributed by atoms with Crippen LogP contribution in [0, 0.1) is 0 Å². The Bertz CT molecular complexity index is 866. The van der Waals surface area contributed by atoms with Gasteiger partial charge in [-0.3, -0.25) is 9.59 Å². The molecular weight excluding hydrogens is 298 g/mol. The summed E-state index contributed by atoms with van der Waals surface area (Å²) in [5.41, 5.74) is 3.76. The maximum absolute atomic E-state index is 12.9. The van der Waals surface area contributed by atoms with Gasteiger partial charge in [0.05, 0.1) is 11.3 Å². The molecule has 1 aromatic carbocycles. The summed E-state index contributed by atoms with van der Waals surface area (Å²) >= 11 is 0. The molecule has 2 aliphatic rings. The number of likely N-dealkylation sites (N-methyl/N-ethyl adjacent to an activating group) is 1. The molecule has 1 heterocycles. The first-order chi connectivity index (χ1) is 11.6. The molecule has 0 spiro atoms. The Hall–Kier alpha value is -2.94. The van der Waals surface area contributed by atoms with Gasteiger partial charge in [0.2, 0.25) is 0 Å². The normalized spacial score (nSPS) is 20.3. The second kappa shape index (κ2) is 6.28. The Labute approximate surface area is 142 Å². The van der Waals surface area contributed by atoms with E-state index in [1.165, 1.54) is 6.08 Å². The molecule has 1 aliphatic heterocycles. The van der Waals surface area contributed by atoms with Gasteiger partial charge in [-0.05, 0) is 31.6 Å². The molecule has 3 heteroatoms. The molecule has 3 rings (SSSR count). The van der Waals surface area contributed by atoms with Crippen LogP contribution in [-0.4, -0.2) is 18.1 Å². The largest absolute Gasteiger partial charge is 0.341 e. The van der Waals surface area contributed by atoms with E-state index >= 15 is 0 Å². The van der Waals surface area contributed by atoms with Gasteiger partial charge in [0.25, 0.3) is 0 Å². The molecule has 0 bridgehead atoms. The van der Waals surface area contributed by atoms with Crippen LogP contribution in [0.4, 0.5) is 5.69 Å². The maximum Gasteiger partial charge on any atom is 0.199 e. The van der Waals surface area contributed by atoms with Crippen molar-refractivity contribution < 1.29 is 9.59 Å². The molecule has 24 heavy (non-hydrogen) atoms. The van der Waals surface area contributed by atoms with Gasteiger partial charge >= 0.3 is 0 Å². The zero-order valence-corrected chi connectivity index (χ0v) is 13.9. The van der Waals surface area contributed by atoms with Crippen LogP contribution < -0.4 is 4.90 Å². The summed E-state index contributed by atoms with van der Waals surface area (Å²) in [7, 11) is 0. The van der Waals surface area contributed by atoms with E-state index in [2.05, 4.69) is 6.58 Å². The van der Waals surface area contributed by atoms with Crippen LogP contribution in [0.25, 0.3) is 6.08 Å². The van der Waals surface area contributed by atoms with Crippen molar-refractivity contribution >= 4 is 23.3 Å². The Balaban J connectivity index is 2.19. The molecule has 3 nitrogen and oxygen atoms in total. The van der Waals surface area contributed by atoms with E-state index in [4.69, 9.17) is 0 Å². The van der Waals surface area contributed by atoms with Gasteiger partial charge in [0.15, 0.2) is 11.6 Å². The van der Waals surface area contributed by atoms with Gasteiger partial charge in [-0.15, -0.1) is 0 Å². The predicted octanol–water partition coefficient (Wildman–Crippen LogP) is 4.00. The lowest BCUT2D eigenvalue weighted by molar-refractivity contribution is -0.115. The van der Waals surface area contributed by atoms with E-state index < -0.39 is 0 Å². The number of benzene rings is 1. The number of allylic oxidation sites excluding steroid dienone is 7. The number of carbonyl (C=O) groups is 2. The Morgan fingerprint density at radius 3 is 2.46 bits per heavy atom. The number of hydrogen-bond donors (Lipinski definition) is 0. The molecule has 0 fully saturated rings. The summed E-state index contributed by atoms with van der Waals surface area (Å²) < 4.78 is 0. The number of carbonyl (C=O) groups excluding carboxylic acids is 2. The molecule has 0 amide bonds. The van der Waals surface area contributed by atoms with Crippen molar-refractivity contribution in [3.05, 3.63) is 83.1 Å². The van der Waals surface area contributed by atoms with E-state index in [1.54, 1.807) is 12.2 Å². The number of para-hydroxylation sites is 1. The third-order valence-electron chi connectivity index (χ3n) is 4.28. The van der Waals surface area contributed by atoms with Crippen LogP contribution in [0.3, 0.4) is 0 Å². The molecule has 120 valence electrons. The molecule has 0 aromatic heterocycles. The summed E-state index contributed by atoms with van der Waals surface area (Å²) in [6.45, 7) is 8.20. The number of hydrogen-bond acceptors (Lipinski definition) is 3. The van der Waals surface area contributed by atoms with Crippen molar-refractivity contribution in [1.29, 1.82) is 0 Å². The van der Waals surface area contributed by atoms with Gasteiger partial charge in [-0.25, -0.2) is 0 Å². The van der Waals surface area contributed by atoms with Gasteiger partial charge < -0.3 is 4.90 Å². The number of nitrogens with zero attached hydrogens (tertiary/aromatic N) is 1. The van der Waals surface area contributed by atoms with Crippen molar-refractivity contribution in [3.8, 4) is 0 Å². The van der Waals surface area contributed by atoms with Crippen LogP contribution in [0.5, 0.6) is 0 Å². The number of rotatable bonds is 3. The molecular formula is C21H19NO2. The Morgan fingerprint density at radius 1 is 1.08 bits per heavy atom. The van der Waals surface area contributed by atoms with Crippen molar-refractivity contribution in [1.82, 2.24) is 0 Å². The van der Waals surface area contributed by atoms with Crippen LogP contribution in [0.15, 0.2) is 77.6 Å². The fraction of sp³-hybridized carbons (Fsp3) is 0.143. The number of anilines is 1. The molecule has 0 saturated carbocycles.